The summed E-state index contributed by atoms with van der Waals surface area (Å²) in [7, 11) is 1.84. The molecule has 0 aromatic heterocycles. The lowest BCUT2D eigenvalue weighted by molar-refractivity contribution is 0.531. The predicted molar refractivity (Wildman–Crippen MR) is 87.5 cm³/mol. The number of nitrogens with zero attached hydrogens (tertiary/aromatic N) is 3. The van der Waals surface area contributed by atoms with Crippen LogP contribution in [-0.4, -0.2) is 37.3 Å². The molecule has 98 valence electrons. The van der Waals surface area contributed by atoms with Gasteiger partial charge >= 0.3 is 0 Å². The molecule has 1 aromatic rings. The quantitative estimate of drug-likeness (QED) is 0.472. The fourth-order valence-electron chi connectivity index (χ4n) is 1.40. The summed E-state index contributed by atoms with van der Waals surface area (Å²) in [6.07, 6.45) is 1.71. The number of nitrogens with one attached hydrogen (secondary N) is 1. The number of rotatable bonds is 2. The van der Waals surface area contributed by atoms with E-state index in [1.165, 1.54) is 0 Å². The van der Waals surface area contributed by atoms with Gasteiger partial charge in [0.25, 0.3) is 0 Å². The summed E-state index contributed by atoms with van der Waals surface area (Å²) in [6, 6.07) is 5.37. The average molecular weight is 399 g/mol. The minimum Gasteiger partial charge on any atom is -0.353 e. The third-order valence-electron chi connectivity index (χ3n) is 2.29. The van der Waals surface area contributed by atoms with Crippen molar-refractivity contribution in [3.05, 3.63) is 33.8 Å². The Hall–Kier alpha value is -0.530. The highest BCUT2D eigenvalue weighted by atomic mass is 127. The number of benzene rings is 1. The molecule has 1 N–H and O–H groups in total. The predicted octanol–water partition coefficient (Wildman–Crippen LogP) is 2.84. The first-order valence-electron chi connectivity index (χ1n) is 5.18. The van der Waals surface area contributed by atoms with Crippen LogP contribution in [0.4, 0.5) is 0 Å². The van der Waals surface area contributed by atoms with E-state index < -0.39 is 0 Å². The Morgan fingerprint density at radius 2 is 2.17 bits per heavy atom. The molecule has 1 heterocycles. The molecular formula is C11H13Cl2IN4. The Kier molecular flexibility index (Phi) is 6.17. The Morgan fingerprint density at radius 1 is 1.39 bits per heavy atom. The molecule has 0 amide bonds. The van der Waals surface area contributed by atoms with Crippen molar-refractivity contribution >= 4 is 59.4 Å². The molecule has 0 fully saturated rings. The molecule has 0 saturated carbocycles. The second-order valence-electron chi connectivity index (χ2n) is 3.57. The van der Waals surface area contributed by atoms with Crippen molar-refractivity contribution in [2.75, 3.05) is 20.1 Å². The number of hydrazone groups is 1. The third kappa shape index (κ3) is 4.00. The van der Waals surface area contributed by atoms with Crippen molar-refractivity contribution in [3.8, 4) is 0 Å². The van der Waals surface area contributed by atoms with Crippen molar-refractivity contribution in [1.29, 1.82) is 0 Å². The van der Waals surface area contributed by atoms with Crippen molar-refractivity contribution < 1.29 is 0 Å². The van der Waals surface area contributed by atoms with Crippen LogP contribution in [0.3, 0.4) is 0 Å². The lowest BCUT2D eigenvalue weighted by Gasteiger charge is -2.12. The zero-order valence-electron chi connectivity index (χ0n) is 9.73. The highest BCUT2D eigenvalue weighted by Crippen LogP contribution is 2.21. The van der Waals surface area contributed by atoms with Gasteiger partial charge in [0.15, 0.2) is 0 Å². The molecule has 0 unspecified atom stereocenters. The van der Waals surface area contributed by atoms with Crippen LogP contribution in [0.1, 0.15) is 5.56 Å². The van der Waals surface area contributed by atoms with E-state index in [9.17, 15) is 0 Å². The third-order valence-corrected chi connectivity index (χ3v) is 3.03. The van der Waals surface area contributed by atoms with Gasteiger partial charge < -0.3 is 5.32 Å². The molecule has 0 saturated heterocycles. The van der Waals surface area contributed by atoms with E-state index in [-0.39, 0.29) is 24.0 Å². The van der Waals surface area contributed by atoms with Crippen LogP contribution in [0.25, 0.3) is 0 Å². The zero-order chi connectivity index (χ0) is 12.3. The Balaban J connectivity index is 0.00000162. The van der Waals surface area contributed by atoms with Crippen molar-refractivity contribution in [3.63, 3.8) is 0 Å². The first kappa shape index (κ1) is 15.5. The molecule has 0 bridgehead atoms. The van der Waals surface area contributed by atoms with E-state index in [2.05, 4.69) is 15.4 Å². The second kappa shape index (κ2) is 7.16. The summed E-state index contributed by atoms with van der Waals surface area (Å²) < 4.78 is 0. The van der Waals surface area contributed by atoms with Crippen molar-refractivity contribution in [1.82, 2.24) is 10.3 Å². The fraction of sp³-hybridized carbons (Fsp3) is 0.273. The SMILES string of the molecule is CN(/N=C/c1ccc(Cl)c(Cl)c1)C1=NCCN1.I. The zero-order valence-corrected chi connectivity index (χ0v) is 13.6. The molecule has 4 nitrogen and oxygen atoms in total. The highest BCUT2D eigenvalue weighted by Gasteiger charge is 2.08. The van der Waals surface area contributed by atoms with E-state index in [4.69, 9.17) is 23.2 Å². The molecular weight excluding hydrogens is 386 g/mol. The molecule has 0 atom stereocenters. The van der Waals surface area contributed by atoms with E-state index in [0.29, 0.717) is 10.0 Å². The first-order chi connectivity index (χ1) is 8.16. The summed E-state index contributed by atoms with van der Waals surface area (Å²) in [5.74, 6) is 0.779. The minimum absolute atomic E-state index is 0. The smallest absolute Gasteiger partial charge is 0.214 e. The normalized spacial score (nSPS) is 14.1. The fourth-order valence-corrected chi connectivity index (χ4v) is 1.71. The molecule has 0 radical (unpaired) electrons. The first-order valence-corrected chi connectivity index (χ1v) is 5.93. The monoisotopic (exact) mass is 398 g/mol. The molecule has 7 heteroatoms. The summed E-state index contributed by atoms with van der Waals surface area (Å²) in [5.41, 5.74) is 0.893. The number of halogens is 3. The van der Waals surface area contributed by atoms with Gasteiger partial charge in [0.05, 0.1) is 22.8 Å². The van der Waals surface area contributed by atoms with Crippen molar-refractivity contribution in [2.45, 2.75) is 0 Å². The lowest BCUT2D eigenvalue weighted by atomic mass is 10.2. The Morgan fingerprint density at radius 3 is 2.78 bits per heavy atom. The number of hydrogen-bond acceptors (Lipinski definition) is 4. The largest absolute Gasteiger partial charge is 0.353 e. The summed E-state index contributed by atoms with van der Waals surface area (Å²) in [5, 5.41) is 10.1. The minimum atomic E-state index is 0. The van der Waals surface area contributed by atoms with Crippen LogP contribution in [0.2, 0.25) is 10.0 Å². The molecule has 18 heavy (non-hydrogen) atoms. The van der Waals surface area contributed by atoms with Gasteiger partial charge in [0.2, 0.25) is 5.96 Å². The maximum absolute atomic E-state index is 5.91. The van der Waals surface area contributed by atoms with Gasteiger partial charge in [0.1, 0.15) is 0 Å². The highest BCUT2D eigenvalue weighted by molar-refractivity contribution is 14.0. The Bertz CT molecular complexity index is 476. The average Bonchev–Trinajstić information content (AvgIpc) is 2.84. The van der Waals surface area contributed by atoms with E-state index in [0.717, 1.165) is 24.6 Å². The number of guanidine groups is 1. The van der Waals surface area contributed by atoms with E-state index in [1.807, 2.05) is 13.1 Å². The standard InChI is InChI=1S/C11H12Cl2N4.HI/c1-17(11-14-4-5-15-11)16-7-8-2-3-9(12)10(13)6-8;/h2-3,6-7H,4-5H2,1H3,(H,14,15);1H/b16-7+;. The van der Waals surface area contributed by atoms with Gasteiger partial charge in [-0.25, -0.2) is 10.0 Å². The van der Waals surface area contributed by atoms with Gasteiger partial charge in [-0.05, 0) is 17.7 Å². The summed E-state index contributed by atoms with van der Waals surface area (Å²) in [6.45, 7) is 1.66. The second-order valence-corrected chi connectivity index (χ2v) is 4.39. The molecule has 2 rings (SSSR count). The molecule has 1 aliphatic heterocycles. The topological polar surface area (TPSA) is 40.0 Å². The summed E-state index contributed by atoms with van der Waals surface area (Å²) in [4.78, 5) is 4.25. The summed E-state index contributed by atoms with van der Waals surface area (Å²) >= 11 is 11.7. The van der Waals surface area contributed by atoms with Gasteiger partial charge in [-0.15, -0.1) is 24.0 Å². The number of aliphatic imine (C=N–C) groups is 1. The van der Waals surface area contributed by atoms with Gasteiger partial charge in [-0.1, -0.05) is 29.3 Å². The maximum Gasteiger partial charge on any atom is 0.214 e. The van der Waals surface area contributed by atoms with Crippen LogP contribution in [0.5, 0.6) is 0 Å². The van der Waals surface area contributed by atoms with Gasteiger partial charge in [0, 0.05) is 13.6 Å². The van der Waals surface area contributed by atoms with Crippen LogP contribution in [0.15, 0.2) is 28.3 Å². The van der Waals surface area contributed by atoms with Gasteiger partial charge in [-0.2, -0.15) is 5.10 Å². The number of hydrogen-bond donors (Lipinski definition) is 1. The molecule has 1 aliphatic rings. The van der Waals surface area contributed by atoms with E-state index in [1.54, 1.807) is 23.4 Å². The lowest BCUT2D eigenvalue weighted by Crippen LogP contribution is -2.32. The van der Waals surface area contributed by atoms with E-state index >= 15 is 0 Å². The van der Waals surface area contributed by atoms with Crippen LogP contribution < -0.4 is 5.32 Å². The maximum atomic E-state index is 5.91. The van der Waals surface area contributed by atoms with Crippen LogP contribution >= 0.6 is 47.2 Å². The van der Waals surface area contributed by atoms with Gasteiger partial charge in [-0.3, -0.25) is 0 Å². The molecule has 0 spiro atoms. The molecule has 1 aromatic carbocycles. The van der Waals surface area contributed by atoms with Crippen LogP contribution in [0, 0.1) is 0 Å². The Labute approximate surface area is 133 Å². The van der Waals surface area contributed by atoms with Crippen molar-refractivity contribution in [2.24, 2.45) is 10.1 Å². The molecule has 0 aliphatic carbocycles. The van der Waals surface area contributed by atoms with Crippen LogP contribution in [-0.2, 0) is 0 Å².